The van der Waals surface area contributed by atoms with Gasteiger partial charge in [0.05, 0.1) is 4.91 Å². The number of rotatable bonds is 5. The summed E-state index contributed by atoms with van der Waals surface area (Å²) in [5.74, 6) is -0.0429. The van der Waals surface area contributed by atoms with Gasteiger partial charge in [0, 0.05) is 10.7 Å². The summed E-state index contributed by atoms with van der Waals surface area (Å²) in [6.45, 7) is -0.137. The number of hydrogen-bond acceptors (Lipinski definition) is 5. The highest BCUT2D eigenvalue weighted by Crippen LogP contribution is 2.25. The molecule has 1 aliphatic rings. The van der Waals surface area contributed by atoms with Crippen molar-refractivity contribution in [3.8, 4) is 5.75 Å². The molecule has 26 heavy (non-hydrogen) atoms. The van der Waals surface area contributed by atoms with E-state index in [9.17, 15) is 9.59 Å². The topological polar surface area (TPSA) is 91.3 Å². The minimum absolute atomic E-state index is 0.118. The average molecular weight is 388 g/mol. The lowest BCUT2D eigenvalue weighted by Gasteiger charge is -2.08. The summed E-state index contributed by atoms with van der Waals surface area (Å²) < 4.78 is 5.45. The van der Waals surface area contributed by atoms with Gasteiger partial charge in [-0.2, -0.15) is 0 Å². The minimum Gasteiger partial charge on any atom is -0.484 e. The lowest BCUT2D eigenvalue weighted by atomic mass is 10.2. The lowest BCUT2D eigenvalue weighted by molar-refractivity contribution is -0.118. The second-order valence-electron chi connectivity index (χ2n) is 5.31. The number of thioether (sulfide) groups is 1. The van der Waals surface area contributed by atoms with Gasteiger partial charge < -0.3 is 15.4 Å². The van der Waals surface area contributed by atoms with E-state index in [1.165, 1.54) is 0 Å². The highest BCUT2D eigenvalue weighted by atomic mass is 35.5. The first-order valence-corrected chi connectivity index (χ1v) is 8.77. The fourth-order valence-electron chi connectivity index (χ4n) is 2.17. The Hall–Kier alpha value is -2.77. The SMILES string of the molecule is N=C1NC(=O)/C(=C/c2ccc(OCC(=O)Nc3cccc(Cl)c3)cc2)S1. The van der Waals surface area contributed by atoms with Gasteiger partial charge >= 0.3 is 0 Å². The van der Waals surface area contributed by atoms with Crippen LogP contribution in [-0.4, -0.2) is 23.6 Å². The number of carbonyl (C=O) groups is 2. The number of ether oxygens (including phenoxy) is 1. The van der Waals surface area contributed by atoms with E-state index in [1.807, 2.05) is 0 Å². The highest BCUT2D eigenvalue weighted by molar-refractivity contribution is 8.18. The van der Waals surface area contributed by atoms with Crippen LogP contribution in [0.2, 0.25) is 5.02 Å². The van der Waals surface area contributed by atoms with Crippen molar-refractivity contribution in [2.75, 3.05) is 11.9 Å². The van der Waals surface area contributed by atoms with E-state index in [2.05, 4.69) is 10.6 Å². The van der Waals surface area contributed by atoms with E-state index >= 15 is 0 Å². The number of halogens is 1. The third kappa shape index (κ3) is 4.87. The van der Waals surface area contributed by atoms with Crippen LogP contribution < -0.4 is 15.4 Å². The van der Waals surface area contributed by atoms with Crippen molar-refractivity contribution in [1.29, 1.82) is 5.41 Å². The van der Waals surface area contributed by atoms with E-state index in [4.69, 9.17) is 21.7 Å². The Balaban J connectivity index is 1.54. The van der Waals surface area contributed by atoms with Crippen molar-refractivity contribution in [2.45, 2.75) is 0 Å². The van der Waals surface area contributed by atoms with E-state index in [-0.39, 0.29) is 23.6 Å². The molecule has 0 saturated carbocycles. The van der Waals surface area contributed by atoms with Crippen LogP contribution in [0.1, 0.15) is 5.56 Å². The van der Waals surface area contributed by atoms with Crippen LogP contribution >= 0.6 is 23.4 Å². The zero-order chi connectivity index (χ0) is 18.5. The second-order valence-corrected chi connectivity index (χ2v) is 6.80. The number of benzene rings is 2. The van der Waals surface area contributed by atoms with Crippen LogP contribution in [0.4, 0.5) is 5.69 Å². The number of hydrogen-bond donors (Lipinski definition) is 3. The van der Waals surface area contributed by atoms with Crippen molar-refractivity contribution < 1.29 is 14.3 Å². The highest BCUT2D eigenvalue weighted by Gasteiger charge is 2.21. The van der Waals surface area contributed by atoms with E-state index in [1.54, 1.807) is 54.6 Å². The average Bonchev–Trinajstić information content (AvgIpc) is 2.91. The lowest BCUT2D eigenvalue weighted by Crippen LogP contribution is -2.20. The number of amides is 2. The molecule has 2 amide bonds. The van der Waals surface area contributed by atoms with Gasteiger partial charge in [-0.15, -0.1) is 0 Å². The molecule has 0 unspecified atom stereocenters. The van der Waals surface area contributed by atoms with Crippen LogP contribution in [-0.2, 0) is 9.59 Å². The molecule has 6 nitrogen and oxygen atoms in total. The molecule has 1 heterocycles. The summed E-state index contributed by atoms with van der Waals surface area (Å²) in [7, 11) is 0. The summed E-state index contributed by atoms with van der Waals surface area (Å²) >= 11 is 6.95. The molecule has 8 heteroatoms. The molecular weight excluding hydrogens is 374 g/mol. The molecule has 0 atom stereocenters. The maximum Gasteiger partial charge on any atom is 0.264 e. The zero-order valence-electron chi connectivity index (χ0n) is 13.4. The van der Waals surface area contributed by atoms with Crippen molar-refractivity contribution in [3.05, 3.63) is 64.0 Å². The van der Waals surface area contributed by atoms with Gasteiger partial charge in [0.2, 0.25) is 0 Å². The maximum atomic E-state index is 11.9. The van der Waals surface area contributed by atoms with Crippen molar-refractivity contribution in [2.24, 2.45) is 0 Å². The van der Waals surface area contributed by atoms with Crippen LogP contribution in [0.3, 0.4) is 0 Å². The molecule has 1 aliphatic heterocycles. The van der Waals surface area contributed by atoms with Crippen molar-refractivity contribution >= 4 is 52.1 Å². The van der Waals surface area contributed by atoms with Gasteiger partial charge in [-0.1, -0.05) is 29.8 Å². The number of amidine groups is 1. The summed E-state index contributed by atoms with van der Waals surface area (Å²) in [4.78, 5) is 24.0. The molecule has 0 spiro atoms. The summed E-state index contributed by atoms with van der Waals surface area (Å²) in [6.07, 6.45) is 1.69. The Morgan fingerprint density at radius 1 is 1.27 bits per heavy atom. The third-order valence-electron chi connectivity index (χ3n) is 3.32. The molecule has 3 N–H and O–H groups in total. The predicted octanol–water partition coefficient (Wildman–Crippen LogP) is 3.50. The first kappa shape index (κ1) is 18.0. The van der Waals surface area contributed by atoms with Crippen molar-refractivity contribution in [1.82, 2.24) is 5.32 Å². The first-order valence-electron chi connectivity index (χ1n) is 7.57. The standard InChI is InChI=1S/C18H14ClN3O3S/c19-12-2-1-3-13(9-12)21-16(23)10-25-14-6-4-11(5-7-14)8-15-17(24)22-18(20)26-15/h1-9H,10H2,(H,21,23)(H2,20,22,24)/b15-8-. The Bertz CT molecular complexity index is 897. The van der Waals surface area contributed by atoms with Crippen LogP contribution in [0.25, 0.3) is 6.08 Å². The molecule has 0 aliphatic carbocycles. The van der Waals surface area contributed by atoms with Gasteiger partial charge in [-0.3, -0.25) is 15.0 Å². The van der Waals surface area contributed by atoms with Crippen molar-refractivity contribution in [3.63, 3.8) is 0 Å². The predicted molar refractivity (Wildman–Crippen MR) is 103 cm³/mol. The molecule has 3 rings (SSSR count). The first-order chi connectivity index (χ1) is 12.5. The van der Waals surface area contributed by atoms with Gasteiger partial charge in [0.1, 0.15) is 5.75 Å². The Labute approximate surface area is 159 Å². The quantitative estimate of drug-likeness (QED) is 0.685. The molecule has 2 aromatic rings. The Morgan fingerprint density at radius 2 is 2.04 bits per heavy atom. The fraction of sp³-hybridized carbons (Fsp3) is 0.0556. The van der Waals surface area contributed by atoms with Gasteiger partial charge in [0.25, 0.3) is 11.8 Å². The maximum absolute atomic E-state index is 11.9. The zero-order valence-corrected chi connectivity index (χ0v) is 15.0. The molecule has 0 bridgehead atoms. The summed E-state index contributed by atoms with van der Waals surface area (Å²) in [6, 6.07) is 13.8. The van der Waals surface area contributed by atoms with Gasteiger partial charge in [0.15, 0.2) is 11.8 Å². The van der Waals surface area contributed by atoms with E-state index in [0.717, 1.165) is 17.3 Å². The van der Waals surface area contributed by atoms with Gasteiger partial charge in [-0.05, 0) is 53.7 Å². The third-order valence-corrected chi connectivity index (χ3v) is 4.38. The van der Waals surface area contributed by atoms with Crippen LogP contribution in [0, 0.1) is 5.41 Å². The molecule has 0 radical (unpaired) electrons. The molecular formula is C18H14ClN3O3S. The molecule has 132 valence electrons. The fourth-order valence-corrected chi connectivity index (χ4v) is 3.06. The molecule has 2 aromatic carbocycles. The van der Waals surface area contributed by atoms with E-state index < -0.39 is 0 Å². The Morgan fingerprint density at radius 3 is 2.69 bits per heavy atom. The van der Waals surface area contributed by atoms with E-state index in [0.29, 0.717) is 21.4 Å². The minimum atomic E-state index is -0.295. The summed E-state index contributed by atoms with van der Waals surface area (Å²) in [5.41, 5.74) is 1.40. The largest absolute Gasteiger partial charge is 0.484 e. The molecule has 0 aromatic heterocycles. The summed E-state index contributed by atoms with van der Waals surface area (Å²) in [5, 5.41) is 13.2. The van der Waals surface area contributed by atoms with Gasteiger partial charge in [-0.25, -0.2) is 0 Å². The normalized spacial score (nSPS) is 15.0. The number of carbonyl (C=O) groups excluding carboxylic acids is 2. The van der Waals surface area contributed by atoms with Crippen LogP contribution in [0.5, 0.6) is 5.75 Å². The second kappa shape index (κ2) is 8.07. The number of nitrogens with one attached hydrogen (secondary N) is 3. The number of anilines is 1. The molecule has 1 saturated heterocycles. The smallest absolute Gasteiger partial charge is 0.264 e. The Kier molecular flexibility index (Phi) is 5.60. The molecule has 1 fully saturated rings. The van der Waals surface area contributed by atoms with Crippen LogP contribution in [0.15, 0.2) is 53.4 Å². The monoisotopic (exact) mass is 387 g/mol.